The summed E-state index contributed by atoms with van der Waals surface area (Å²) in [6, 6.07) is 0. The van der Waals surface area contributed by atoms with E-state index in [1.54, 1.807) is 0 Å². The van der Waals surface area contributed by atoms with Gasteiger partial charge in [0, 0.05) is 0 Å². The van der Waals surface area contributed by atoms with Crippen molar-refractivity contribution in [2.75, 3.05) is 26.4 Å². The molecule has 0 N–H and O–H groups in total. The Morgan fingerprint density at radius 1 is 0.923 bits per heavy atom. The molecule has 13 heavy (non-hydrogen) atoms. The highest BCUT2D eigenvalue weighted by Crippen LogP contribution is 1.85. The van der Waals surface area contributed by atoms with E-state index < -0.39 is 10.5 Å². The summed E-state index contributed by atoms with van der Waals surface area (Å²) in [5, 5.41) is -1.13. The van der Waals surface area contributed by atoms with Crippen molar-refractivity contribution in [1.29, 1.82) is 0 Å². The zero-order valence-electron chi connectivity index (χ0n) is 6.22. The molecular formula is C7H12Cl2O4. The van der Waals surface area contributed by atoms with Crippen molar-refractivity contribution in [3.8, 4) is 0 Å². The summed E-state index contributed by atoms with van der Waals surface area (Å²) in [4.78, 5) is 20.2. The van der Waals surface area contributed by atoms with Gasteiger partial charge < -0.3 is 9.47 Å². The van der Waals surface area contributed by atoms with Crippen LogP contribution in [-0.2, 0) is 19.1 Å². The van der Waals surface area contributed by atoms with Gasteiger partial charge in [-0.15, -0.1) is 0 Å². The van der Waals surface area contributed by atoms with E-state index >= 15 is 0 Å². The molecule has 0 radical (unpaired) electrons. The lowest BCUT2D eigenvalue weighted by Gasteiger charge is -2.00. The monoisotopic (exact) mass is 230 g/mol. The van der Waals surface area contributed by atoms with E-state index in [0.717, 1.165) is 0 Å². The highest BCUT2D eigenvalue weighted by atomic mass is 35.5. The van der Waals surface area contributed by atoms with Crippen LogP contribution in [0, 0.1) is 0 Å². The van der Waals surface area contributed by atoms with Crippen LogP contribution in [-0.4, -0.2) is 36.9 Å². The quantitative estimate of drug-likeness (QED) is 0.487. The Kier molecular flexibility index (Phi) is 11.7. The van der Waals surface area contributed by atoms with Crippen LogP contribution in [0.2, 0.25) is 0 Å². The van der Waals surface area contributed by atoms with Gasteiger partial charge in [-0.2, -0.15) is 0 Å². The zero-order valence-corrected chi connectivity index (χ0v) is 7.73. The van der Waals surface area contributed by atoms with Crippen molar-refractivity contribution in [3.63, 3.8) is 0 Å². The van der Waals surface area contributed by atoms with E-state index in [-0.39, 0.29) is 33.9 Å². The Morgan fingerprint density at radius 2 is 1.23 bits per heavy atom. The number of carbonyl (C=O) groups excluding carboxylic acids is 2. The molecule has 78 valence electrons. The maximum Gasteiger partial charge on any atom is 0.247 e. The molecule has 0 amide bonds. The normalized spacial score (nSPS) is 9.08. The summed E-state index contributed by atoms with van der Waals surface area (Å²) in [5.41, 5.74) is 0. The van der Waals surface area contributed by atoms with Crippen LogP contribution in [0.25, 0.3) is 0 Å². The molecule has 0 spiro atoms. The standard InChI is InChI=1S/C6H8Cl2O4.CH4/c7-5(9)3-11-1-2-12-4-6(8)10;/h1-4H2;1H4. The Labute approximate surface area is 87.1 Å². The van der Waals surface area contributed by atoms with Gasteiger partial charge in [-0.1, -0.05) is 7.43 Å². The molecule has 0 saturated carbocycles. The summed E-state index contributed by atoms with van der Waals surface area (Å²) >= 11 is 9.92. The van der Waals surface area contributed by atoms with Gasteiger partial charge in [-0.25, -0.2) is 0 Å². The van der Waals surface area contributed by atoms with Crippen LogP contribution in [0.15, 0.2) is 0 Å². The molecular weight excluding hydrogens is 219 g/mol. The second-order valence-electron chi connectivity index (χ2n) is 1.82. The highest BCUT2D eigenvalue weighted by molar-refractivity contribution is 6.64. The zero-order chi connectivity index (χ0) is 9.40. The summed E-state index contributed by atoms with van der Waals surface area (Å²) < 4.78 is 9.43. The summed E-state index contributed by atoms with van der Waals surface area (Å²) in [6.07, 6.45) is 0. The van der Waals surface area contributed by atoms with Gasteiger partial charge in [0.05, 0.1) is 13.2 Å². The molecule has 0 aliphatic carbocycles. The van der Waals surface area contributed by atoms with E-state index in [2.05, 4.69) is 0 Å². The first-order valence-corrected chi connectivity index (χ1v) is 3.90. The third kappa shape index (κ3) is 14.7. The Balaban J connectivity index is 0. The number of ether oxygens (including phenoxy) is 2. The number of hydrogen-bond donors (Lipinski definition) is 0. The topological polar surface area (TPSA) is 52.6 Å². The van der Waals surface area contributed by atoms with Gasteiger partial charge in [0.25, 0.3) is 0 Å². The average Bonchev–Trinajstić information content (AvgIpc) is 1.95. The van der Waals surface area contributed by atoms with E-state index in [0.29, 0.717) is 0 Å². The van der Waals surface area contributed by atoms with Gasteiger partial charge in [-0.3, -0.25) is 9.59 Å². The number of halogens is 2. The van der Waals surface area contributed by atoms with Crippen molar-refractivity contribution in [2.45, 2.75) is 7.43 Å². The lowest BCUT2D eigenvalue weighted by Crippen LogP contribution is -2.10. The number of carbonyl (C=O) groups is 2. The maximum atomic E-state index is 10.1. The fourth-order valence-electron chi connectivity index (χ4n) is 0.423. The van der Waals surface area contributed by atoms with E-state index in [9.17, 15) is 9.59 Å². The summed E-state index contributed by atoms with van der Waals surface area (Å²) in [6.45, 7) is 0.116. The molecule has 6 heteroatoms. The molecule has 0 aliphatic rings. The van der Waals surface area contributed by atoms with Crippen molar-refractivity contribution < 1.29 is 19.1 Å². The minimum atomic E-state index is -0.566. The van der Waals surface area contributed by atoms with Crippen LogP contribution >= 0.6 is 23.2 Å². The molecule has 0 aromatic rings. The largest absolute Gasteiger partial charge is 0.370 e. The van der Waals surface area contributed by atoms with E-state index in [1.165, 1.54) is 0 Å². The maximum absolute atomic E-state index is 10.1. The molecule has 0 fully saturated rings. The molecule has 0 aliphatic heterocycles. The molecule has 0 aromatic carbocycles. The predicted molar refractivity (Wildman–Crippen MR) is 50.1 cm³/mol. The molecule has 0 unspecified atom stereocenters. The van der Waals surface area contributed by atoms with Crippen LogP contribution in [0.4, 0.5) is 0 Å². The molecule has 0 heterocycles. The first-order valence-electron chi connectivity index (χ1n) is 3.15. The molecule has 0 aromatic heterocycles. The predicted octanol–water partition coefficient (Wildman–Crippen LogP) is 1.19. The van der Waals surface area contributed by atoms with Crippen LogP contribution in [0.1, 0.15) is 7.43 Å². The third-order valence-electron chi connectivity index (χ3n) is 0.803. The van der Waals surface area contributed by atoms with Gasteiger partial charge >= 0.3 is 0 Å². The van der Waals surface area contributed by atoms with Crippen LogP contribution in [0.5, 0.6) is 0 Å². The summed E-state index contributed by atoms with van der Waals surface area (Å²) in [5.74, 6) is 0. The van der Waals surface area contributed by atoms with Gasteiger partial charge in [0.1, 0.15) is 13.2 Å². The summed E-state index contributed by atoms with van der Waals surface area (Å²) in [7, 11) is 0. The van der Waals surface area contributed by atoms with E-state index in [1.807, 2.05) is 0 Å². The molecule has 0 saturated heterocycles. The Hall–Kier alpha value is -0.160. The third-order valence-corrected chi connectivity index (χ3v) is 1.02. The molecule has 0 atom stereocenters. The molecule has 0 rings (SSSR count). The van der Waals surface area contributed by atoms with E-state index in [4.69, 9.17) is 32.7 Å². The number of rotatable bonds is 7. The van der Waals surface area contributed by atoms with Crippen molar-refractivity contribution in [2.24, 2.45) is 0 Å². The fraction of sp³-hybridized carbons (Fsp3) is 0.714. The highest BCUT2D eigenvalue weighted by Gasteiger charge is 1.97. The van der Waals surface area contributed by atoms with Crippen LogP contribution < -0.4 is 0 Å². The molecule has 4 nitrogen and oxygen atoms in total. The van der Waals surface area contributed by atoms with Crippen LogP contribution in [0.3, 0.4) is 0 Å². The molecule has 0 bridgehead atoms. The van der Waals surface area contributed by atoms with Crippen molar-refractivity contribution in [1.82, 2.24) is 0 Å². The SMILES string of the molecule is C.O=C(Cl)COCCOCC(=O)Cl. The van der Waals surface area contributed by atoms with Gasteiger partial charge in [0.2, 0.25) is 10.5 Å². The minimum absolute atomic E-state index is 0. The lowest BCUT2D eigenvalue weighted by molar-refractivity contribution is -0.119. The van der Waals surface area contributed by atoms with Crippen molar-refractivity contribution in [3.05, 3.63) is 0 Å². The first-order chi connectivity index (χ1) is 5.63. The fourth-order valence-corrected chi connectivity index (χ4v) is 0.577. The van der Waals surface area contributed by atoms with Crippen molar-refractivity contribution >= 4 is 33.7 Å². The first kappa shape index (κ1) is 15.3. The van der Waals surface area contributed by atoms with Gasteiger partial charge in [0.15, 0.2) is 0 Å². The minimum Gasteiger partial charge on any atom is -0.370 e. The second kappa shape index (κ2) is 9.92. The average molecular weight is 231 g/mol. The number of hydrogen-bond acceptors (Lipinski definition) is 4. The second-order valence-corrected chi connectivity index (χ2v) is 2.66. The van der Waals surface area contributed by atoms with Gasteiger partial charge in [-0.05, 0) is 23.2 Å². The smallest absolute Gasteiger partial charge is 0.247 e. The Morgan fingerprint density at radius 3 is 1.46 bits per heavy atom. The lowest BCUT2D eigenvalue weighted by atomic mass is 10.7. The Bertz CT molecular complexity index is 143.